The van der Waals surface area contributed by atoms with Crippen LogP contribution in [0.15, 0.2) is 30.3 Å². The first-order valence-corrected chi connectivity index (χ1v) is 7.35. The molecule has 1 aliphatic carbocycles. The second kappa shape index (κ2) is 5.41. The highest BCUT2D eigenvalue weighted by atomic mass is 15.1. The van der Waals surface area contributed by atoms with E-state index in [2.05, 4.69) is 35.2 Å². The lowest BCUT2D eigenvalue weighted by atomic mass is 9.88. The van der Waals surface area contributed by atoms with E-state index in [-0.39, 0.29) is 0 Å². The van der Waals surface area contributed by atoms with Gasteiger partial charge in [-0.25, -0.2) is 0 Å². The van der Waals surface area contributed by atoms with Crippen LogP contribution in [0.2, 0.25) is 0 Å². The van der Waals surface area contributed by atoms with Gasteiger partial charge >= 0.3 is 0 Å². The van der Waals surface area contributed by atoms with Crippen LogP contribution in [0, 0.1) is 11.8 Å². The van der Waals surface area contributed by atoms with E-state index in [0.29, 0.717) is 6.04 Å². The lowest BCUT2D eigenvalue weighted by Crippen LogP contribution is -2.44. The summed E-state index contributed by atoms with van der Waals surface area (Å²) in [5, 5.41) is 0. The molecule has 2 unspecified atom stereocenters. The fraction of sp³-hybridized carbons (Fsp3) is 0.625. The lowest BCUT2D eigenvalue weighted by molar-refractivity contribution is 0.145. The summed E-state index contributed by atoms with van der Waals surface area (Å²) >= 11 is 0. The van der Waals surface area contributed by atoms with Crippen molar-refractivity contribution in [3.8, 4) is 0 Å². The van der Waals surface area contributed by atoms with E-state index < -0.39 is 0 Å². The Morgan fingerprint density at radius 1 is 1.11 bits per heavy atom. The molecule has 0 aromatic heterocycles. The number of hydrogen-bond acceptors (Lipinski definition) is 2. The number of piperidine rings is 1. The lowest BCUT2D eigenvalue weighted by Gasteiger charge is -2.35. The van der Waals surface area contributed by atoms with Gasteiger partial charge in [-0.2, -0.15) is 0 Å². The quantitative estimate of drug-likeness (QED) is 0.882. The third kappa shape index (κ3) is 2.93. The molecule has 0 amide bonds. The van der Waals surface area contributed by atoms with Crippen LogP contribution in [0.5, 0.6) is 0 Å². The molecule has 18 heavy (non-hydrogen) atoms. The molecule has 1 aromatic rings. The fourth-order valence-corrected chi connectivity index (χ4v) is 3.26. The summed E-state index contributed by atoms with van der Waals surface area (Å²) in [6.07, 6.45) is 5.40. The summed E-state index contributed by atoms with van der Waals surface area (Å²) in [6.45, 7) is 3.53. The van der Waals surface area contributed by atoms with Crippen LogP contribution < -0.4 is 5.73 Å². The Morgan fingerprint density at radius 2 is 1.89 bits per heavy atom. The number of benzene rings is 1. The fourth-order valence-electron chi connectivity index (χ4n) is 3.26. The van der Waals surface area contributed by atoms with E-state index in [1.807, 2.05) is 0 Å². The van der Waals surface area contributed by atoms with E-state index in [1.54, 1.807) is 0 Å². The van der Waals surface area contributed by atoms with Crippen molar-refractivity contribution in [2.75, 3.05) is 13.1 Å². The number of hydrogen-bond donors (Lipinski definition) is 1. The van der Waals surface area contributed by atoms with Gasteiger partial charge in [0.1, 0.15) is 0 Å². The minimum Gasteiger partial charge on any atom is -0.327 e. The van der Waals surface area contributed by atoms with Gasteiger partial charge < -0.3 is 5.73 Å². The van der Waals surface area contributed by atoms with Gasteiger partial charge in [0.05, 0.1) is 0 Å². The number of rotatable bonds is 4. The highest BCUT2D eigenvalue weighted by molar-refractivity contribution is 5.14. The van der Waals surface area contributed by atoms with Gasteiger partial charge in [0, 0.05) is 19.1 Å². The van der Waals surface area contributed by atoms with Crippen molar-refractivity contribution >= 4 is 0 Å². The molecule has 1 aliphatic heterocycles. The third-order valence-electron chi connectivity index (χ3n) is 4.50. The normalized spacial score (nSPS) is 27.1. The zero-order valence-corrected chi connectivity index (χ0v) is 11.1. The molecule has 2 nitrogen and oxygen atoms in total. The highest BCUT2D eigenvalue weighted by Crippen LogP contribution is 2.37. The van der Waals surface area contributed by atoms with Crippen molar-refractivity contribution in [1.29, 1.82) is 0 Å². The molecule has 0 spiro atoms. The van der Waals surface area contributed by atoms with E-state index in [0.717, 1.165) is 18.4 Å². The van der Waals surface area contributed by atoms with Crippen LogP contribution in [0.25, 0.3) is 0 Å². The average molecular weight is 244 g/mol. The van der Waals surface area contributed by atoms with Gasteiger partial charge in [-0.3, -0.25) is 4.90 Å². The third-order valence-corrected chi connectivity index (χ3v) is 4.50. The van der Waals surface area contributed by atoms with Crippen molar-refractivity contribution < 1.29 is 0 Å². The van der Waals surface area contributed by atoms with Crippen molar-refractivity contribution in [1.82, 2.24) is 4.90 Å². The summed E-state index contributed by atoms with van der Waals surface area (Å²) < 4.78 is 0. The van der Waals surface area contributed by atoms with Crippen LogP contribution >= 0.6 is 0 Å². The summed E-state index contributed by atoms with van der Waals surface area (Å²) in [7, 11) is 0. The van der Waals surface area contributed by atoms with Gasteiger partial charge in [0.25, 0.3) is 0 Å². The van der Waals surface area contributed by atoms with Gasteiger partial charge in [-0.1, -0.05) is 30.3 Å². The standard InChI is InChI=1S/C16H24N2/c17-16(14-8-9-14)15-7-4-10-18(12-15)11-13-5-2-1-3-6-13/h1-3,5-6,14-16H,4,7-12,17H2. The molecule has 98 valence electrons. The van der Waals surface area contributed by atoms with Crippen molar-refractivity contribution in [2.45, 2.75) is 38.3 Å². The molecule has 0 radical (unpaired) electrons. The molecule has 2 N–H and O–H groups in total. The minimum absolute atomic E-state index is 0.462. The van der Waals surface area contributed by atoms with Crippen LogP contribution in [-0.2, 0) is 6.54 Å². The molecule has 1 aromatic carbocycles. The smallest absolute Gasteiger partial charge is 0.0233 e. The average Bonchev–Trinajstić information content (AvgIpc) is 3.24. The zero-order chi connectivity index (χ0) is 12.4. The Kier molecular flexibility index (Phi) is 3.67. The maximum atomic E-state index is 6.38. The number of likely N-dealkylation sites (tertiary alicyclic amines) is 1. The van der Waals surface area contributed by atoms with Crippen molar-refractivity contribution in [2.24, 2.45) is 17.6 Å². The SMILES string of the molecule is NC(C1CC1)C1CCCN(Cc2ccccc2)C1. The molecular formula is C16H24N2. The summed E-state index contributed by atoms with van der Waals surface area (Å²) in [5.41, 5.74) is 7.81. The maximum absolute atomic E-state index is 6.38. The first-order valence-electron chi connectivity index (χ1n) is 7.35. The van der Waals surface area contributed by atoms with Gasteiger partial charge in [0.15, 0.2) is 0 Å². The van der Waals surface area contributed by atoms with Gasteiger partial charge in [0.2, 0.25) is 0 Å². The molecule has 0 bridgehead atoms. The number of nitrogens with two attached hydrogens (primary N) is 1. The Hall–Kier alpha value is -0.860. The van der Waals surface area contributed by atoms with Gasteiger partial charge in [-0.05, 0) is 49.6 Å². The summed E-state index contributed by atoms with van der Waals surface area (Å²) in [4.78, 5) is 2.59. The molecule has 1 saturated carbocycles. The molecule has 2 heteroatoms. The molecule has 2 atom stereocenters. The molecule has 2 aliphatic rings. The van der Waals surface area contributed by atoms with E-state index in [9.17, 15) is 0 Å². The predicted molar refractivity (Wildman–Crippen MR) is 75.1 cm³/mol. The second-order valence-corrected chi connectivity index (χ2v) is 6.04. The van der Waals surface area contributed by atoms with Crippen LogP contribution in [0.3, 0.4) is 0 Å². The van der Waals surface area contributed by atoms with Crippen molar-refractivity contribution in [3.63, 3.8) is 0 Å². The Bertz CT molecular complexity index is 372. The molecule has 1 saturated heterocycles. The highest BCUT2D eigenvalue weighted by Gasteiger charge is 2.35. The molecule has 3 rings (SSSR count). The summed E-state index contributed by atoms with van der Waals surface area (Å²) in [6, 6.07) is 11.3. The van der Waals surface area contributed by atoms with Crippen LogP contribution in [-0.4, -0.2) is 24.0 Å². The Morgan fingerprint density at radius 3 is 2.61 bits per heavy atom. The maximum Gasteiger partial charge on any atom is 0.0233 e. The minimum atomic E-state index is 0.462. The van der Waals surface area contributed by atoms with E-state index in [4.69, 9.17) is 5.73 Å². The topological polar surface area (TPSA) is 29.3 Å². The van der Waals surface area contributed by atoms with Crippen LogP contribution in [0.4, 0.5) is 0 Å². The largest absolute Gasteiger partial charge is 0.327 e. The van der Waals surface area contributed by atoms with Crippen LogP contribution in [0.1, 0.15) is 31.2 Å². The molecule has 2 fully saturated rings. The Balaban J connectivity index is 1.56. The zero-order valence-electron chi connectivity index (χ0n) is 11.1. The predicted octanol–water partition coefficient (Wildman–Crippen LogP) is 2.64. The van der Waals surface area contributed by atoms with Crippen molar-refractivity contribution in [3.05, 3.63) is 35.9 Å². The van der Waals surface area contributed by atoms with Gasteiger partial charge in [-0.15, -0.1) is 0 Å². The summed E-state index contributed by atoms with van der Waals surface area (Å²) in [5.74, 6) is 1.57. The van der Waals surface area contributed by atoms with E-state index >= 15 is 0 Å². The van der Waals surface area contributed by atoms with E-state index in [1.165, 1.54) is 44.3 Å². The molecular weight excluding hydrogens is 220 g/mol. The first kappa shape index (κ1) is 12.2. The first-order chi connectivity index (χ1) is 8.83. The second-order valence-electron chi connectivity index (χ2n) is 6.04. The molecule has 1 heterocycles. The monoisotopic (exact) mass is 244 g/mol. The Labute approximate surface area is 110 Å². The number of nitrogens with zero attached hydrogens (tertiary/aromatic N) is 1.